The lowest BCUT2D eigenvalue weighted by molar-refractivity contribution is 0.796. The molecular weight excluding hydrogens is 348 g/mol. The number of unbranched alkanes of at least 4 members (excludes halogenated alkanes) is 1. The van der Waals surface area contributed by atoms with E-state index < -0.39 is 0 Å². The molecule has 5 aromatic rings. The second-order valence-corrected chi connectivity index (χ2v) is 7.89. The molecule has 0 nitrogen and oxygen atoms in total. The lowest BCUT2D eigenvalue weighted by Gasteiger charge is -2.09. The Bertz CT molecular complexity index is 1310. The minimum absolute atomic E-state index is 1.17. The Morgan fingerprint density at radius 1 is 0.517 bits per heavy atom. The van der Waals surface area contributed by atoms with Crippen molar-refractivity contribution in [1.29, 1.82) is 0 Å². The average Bonchev–Trinajstić information content (AvgIpc) is 2.74. The van der Waals surface area contributed by atoms with Crippen LogP contribution in [0.15, 0.2) is 72.8 Å². The summed E-state index contributed by atoms with van der Waals surface area (Å²) >= 11 is 0. The molecule has 0 saturated heterocycles. The summed E-state index contributed by atoms with van der Waals surface area (Å²) < 4.78 is 0. The highest BCUT2D eigenvalue weighted by Crippen LogP contribution is 2.31. The molecule has 0 spiro atoms. The molecule has 0 fully saturated rings. The fourth-order valence-electron chi connectivity index (χ4n) is 4.21. The SMILES string of the molecule is CC.CCCCc1ccc2cc3cc4cc5ccc(C)cc5cc4cc3cc2c1. The third kappa shape index (κ3) is 3.85. The normalized spacial score (nSPS) is 11.2. The molecule has 0 aromatic heterocycles. The zero-order valence-electron chi connectivity index (χ0n) is 18.0. The largest absolute Gasteiger partial charge is 0.0683 e. The molecule has 0 aliphatic heterocycles. The van der Waals surface area contributed by atoms with Crippen LogP contribution in [-0.4, -0.2) is 0 Å². The number of rotatable bonds is 3. The molecular formula is C29H30. The molecule has 0 unspecified atom stereocenters. The summed E-state index contributed by atoms with van der Waals surface area (Å²) in [5, 5.41) is 10.6. The first-order valence-corrected chi connectivity index (χ1v) is 11.0. The molecule has 5 aromatic carbocycles. The van der Waals surface area contributed by atoms with Gasteiger partial charge in [0.1, 0.15) is 0 Å². The number of hydrogen-bond acceptors (Lipinski definition) is 0. The van der Waals surface area contributed by atoms with E-state index in [1.54, 1.807) is 0 Å². The number of benzene rings is 5. The van der Waals surface area contributed by atoms with Gasteiger partial charge in [-0.1, -0.05) is 69.2 Å². The Labute approximate surface area is 174 Å². The number of fused-ring (bicyclic) bond motifs is 4. The lowest BCUT2D eigenvalue weighted by Crippen LogP contribution is -1.86. The predicted octanol–water partition coefficient (Wildman–Crippen LogP) is 8.98. The zero-order valence-corrected chi connectivity index (χ0v) is 18.0. The molecule has 0 N–H and O–H groups in total. The molecule has 0 atom stereocenters. The number of aryl methyl sites for hydroxylation is 2. The maximum Gasteiger partial charge on any atom is -0.0171 e. The van der Waals surface area contributed by atoms with Gasteiger partial charge >= 0.3 is 0 Å². The lowest BCUT2D eigenvalue weighted by atomic mass is 9.96. The summed E-state index contributed by atoms with van der Waals surface area (Å²) in [4.78, 5) is 0. The highest BCUT2D eigenvalue weighted by molar-refractivity contribution is 6.08. The molecule has 5 rings (SSSR count). The minimum Gasteiger partial charge on any atom is -0.0683 e. The molecule has 0 amide bonds. The van der Waals surface area contributed by atoms with Gasteiger partial charge in [0.05, 0.1) is 0 Å². The van der Waals surface area contributed by atoms with Gasteiger partial charge in [0.25, 0.3) is 0 Å². The Morgan fingerprint density at radius 2 is 0.966 bits per heavy atom. The predicted molar refractivity (Wildman–Crippen MR) is 131 cm³/mol. The van der Waals surface area contributed by atoms with Crippen molar-refractivity contribution in [3.05, 3.63) is 83.9 Å². The molecule has 0 saturated carbocycles. The summed E-state index contributed by atoms with van der Waals surface area (Å²) in [5.41, 5.74) is 2.76. The third-order valence-corrected chi connectivity index (χ3v) is 5.75. The average molecular weight is 379 g/mol. The minimum atomic E-state index is 1.17. The molecule has 0 radical (unpaired) electrons. The first-order valence-electron chi connectivity index (χ1n) is 11.0. The van der Waals surface area contributed by atoms with E-state index in [1.807, 2.05) is 13.8 Å². The highest BCUT2D eigenvalue weighted by Gasteiger charge is 2.04. The van der Waals surface area contributed by atoms with E-state index in [-0.39, 0.29) is 0 Å². The van der Waals surface area contributed by atoms with Crippen LogP contribution in [0.25, 0.3) is 43.1 Å². The maximum atomic E-state index is 2.37. The smallest absolute Gasteiger partial charge is 0.0171 e. The first kappa shape index (κ1) is 19.5. The van der Waals surface area contributed by atoms with E-state index in [9.17, 15) is 0 Å². The Morgan fingerprint density at radius 3 is 1.52 bits per heavy atom. The van der Waals surface area contributed by atoms with Crippen LogP contribution in [0.2, 0.25) is 0 Å². The van der Waals surface area contributed by atoms with Crippen LogP contribution in [0.1, 0.15) is 44.7 Å². The van der Waals surface area contributed by atoms with Gasteiger partial charge < -0.3 is 0 Å². The Kier molecular flexibility index (Phi) is 5.53. The fraction of sp³-hybridized carbons (Fsp3) is 0.241. The summed E-state index contributed by atoms with van der Waals surface area (Å²) in [6, 6.07) is 27.7. The van der Waals surface area contributed by atoms with Crippen LogP contribution in [0, 0.1) is 6.92 Å². The molecule has 146 valence electrons. The van der Waals surface area contributed by atoms with E-state index >= 15 is 0 Å². The van der Waals surface area contributed by atoms with Crippen LogP contribution < -0.4 is 0 Å². The third-order valence-electron chi connectivity index (χ3n) is 5.75. The monoisotopic (exact) mass is 378 g/mol. The second-order valence-electron chi connectivity index (χ2n) is 7.89. The van der Waals surface area contributed by atoms with Crippen molar-refractivity contribution in [2.45, 2.75) is 47.0 Å². The van der Waals surface area contributed by atoms with Gasteiger partial charge in [-0.15, -0.1) is 0 Å². The van der Waals surface area contributed by atoms with Crippen LogP contribution >= 0.6 is 0 Å². The highest BCUT2D eigenvalue weighted by atomic mass is 14.1. The van der Waals surface area contributed by atoms with Crippen molar-refractivity contribution in [2.24, 2.45) is 0 Å². The maximum absolute atomic E-state index is 2.37. The van der Waals surface area contributed by atoms with Crippen LogP contribution in [-0.2, 0) is 6.42 Å². The topological polar surface area (TPSA) is 0 Å². The first-order chi connectivity index (χ1) is 14.2. The van der Waals surface area contributed by atoms with Gasteiger partial charge in [-0.05, 0) is 105 Å². The summed E-state index contributed by atoms with van der Waals surface area (Å²) in [5.74, 6) is 0. The fourth-order valence-corrected chi connectivity index (χ4v) is 4.21. The van der Waals surface area contributed by atoms with Gasteiger partial charge in [-0.2, -0.15) is 0 Å². The van der Waals surface area contributed by atoms with Crippen molar-refractivity contribution < 1.29 is 0 Å². The quantitative estimate of drug-likeness (QED) is 0.275. The van der Waals surface area contributed by atoms with Crippen molar-refractivity contribution in [2.75, 3.05) is 0 Å². The van der Waals surface area contributed by atoms with E-state index in [4.69, 9.17) is 0 Å². The summed E-state index contributed by atoms with van der Waals surface area (Å²) in [6.45, 7) is 8.41. The molecule has 0 aliphatic carbocycles. The van der Waals surface area contributed by atoms with Gasteiger partial charge in [0, 0.05) is 0 Å². The summed E-state index contributed by atoms with van der Waals surface area (Å²) in [6.07, 6.45) is 3.68. The van der Waals surface area contributed by atoms with Gasteiger partial charge in [0.15, 0.2) is 0 Å². The van der Waals surface area contributed by atoms with Crippen LogP contribution in [0.4, 0.5) is 0 Å². The van der Waals surface area contributed by atoms with E-state index in [0.717, 1.165) is 0 Å². The molecule has 29 heavy (non-hydrogen) atoms. The Balaban J connectivity index is 0.000000994. The molecule has 0 heterocycles. The van der Waals surface area contributed by atoms with E-state index in [1.165, 1.54) is 73.5 Å². The standard InChI is InChI=1S/C27H24.C2H6/c1-3-4-5-19-7-9-21-13-25-16-24-12-20-8-6-18(2)10-22(20)14-26(24)17-27(25)15-23(21)11-19;1-2/h6-17H,3-5H2,1-2H3;1-2H3. The number of hydrogen-bond donors (Lipinski definition) is 0. The van der Waals surface area contributed by atoms with Crippen LogP contribution in [0.5, 0.6) is 0 Å². The molecule has 0 bridgehead atoms. The van der Waals surface area contributed by atoms with E-state index in [2.05, 4.69) is 86.6 Å². The van der Waals surface area contributed by atoms with E-state index in [0.29, 0.717) is 0 Å². The van der Waals surface area contributed by atoms with Crippen molar-refractivity contribution in [3.8, 4) is 0 Å². The molecule has 0 heteroatoms. The second kappa shape index (κ2) is 8.25. The van der Waals surface area contributed by atoms with Gasteiger partial charge in [0.2, 0.25) is 0 Å². The van der Waals surface area contributed by atoms with Gasteiger partial charge in [-0.25, -0.2) is 0 Å². The summed E-state index contributed by atoms with van der Waals surface area (Å²) in [7, 11) is 0. The van der Waals surface area contributed by atoms with Crippen LogP contribution in [0.3, 0.4) is 0 Å². The molecule has 0 aliphatic rings. The van der Waals surface area contributed by atoms with Crippen molar-refractivity contribution >= 4 is 43.1 Å². The zero-order chi connectivity index (χ0) is 20.4. The van der Waals surface area contributed by atoms with Crippen molar-refractivity contribution in [1.82, 2.24) is 0 Å². The van der Waals surface area contributed by atoms with Gasteiger partial charge in [-0.3, -0.25) is 0 Å². The Hall–Kier alpha value is -2.86. The van der Waals surface area contributed by atoms with Crippen molar-refractivity contribution in [3.63, 3.8) is 0 Å².